The summed E-state index contributed by atoms with van der Waals surface area (Å²) in [5, 5.41) is 5.57. The van der Waals surface area contributed by atoms with Crippen molar-refractivity contribution in [2.24, 2.45) is 0 Å². The highest BCUT2D eigenvalue weighted by molar-refractivity contribution is 5.96. The number of rotatable bonds is 3. The fourth-order valence-corrected chi connectivity index (χ4v) is 2.68. The van der Waals surface area contributed by atoms with Crippen molar-refractivity contribution in [1.82, 2.24) is 15.5 Å². The lowest BCUT2D eigenvalue weighted by Crippen LogP contribution is -2.37. The molecule has 2 N–H and O–H groups in total. The zero-order chi connectivity index (χ0) is 16.5. The summed E-state index contributed by atoms with van der Waals surface area (Å²) in [5.74, 6) is 0.471. The average molecular weight is 319 g/mol. The van der Waals surface area contributed by atoms with Crippen LogP contribution in [0.25, 0.3) is 0 Å². The third-order valence-corrected chi connectivity index (χ3v) is 3.85. The van der Waals surface area contributed by atoms with Crippen LogP contribution in [0.5, 0.6) is 5.75 Å². The predicted molar refractivity (Wildman–Crippen MR) is 88.1 cm³/mol. The fourth-order valence-electron chi connectivity index (χ4n) is 2.68. The predicted octanol–water partition coefficient (Wildman–Crippen LogP) is 0.913. The first-order chi connectivity index (χ1) is 11.2. The number of hydrogen-bond donors (Lipinski definition) is 2. The number of carbonyl (C=O) groups excluding carboxylic acids is 2. The van der Waals surface area contributed by atoms with Crippen LogP contribution in [0.15, 0.2) is 24.3 Å². The second-order valence-corrected chi connectivity index (χ2v) is 5.67. The van der Waals surface area contributed by atoms with Gasteiger partial charge in [0.25, 0.3) is 0 Å². The van der Waals surface area contributed by atoms with Gasteiger partial charge in [0.05, 0.1) is 7.11 Å². The molecule has 23 heavy (non-hydrogen) atoms. The number of amides is 2. The Labute approximate surface area is 137 Å². The molecule has 1 saturated heterocycles. The Hall–Kier alpha value is -2.08. The summed E-state index contributed by atoms with van der Waals surface area (Å²) in [5.41, 5.74) is 1.15. The van der Waals surface area contributed by atoms with Crippen LogP contribution in [0.2, 0.25) is 0 Å². The third-order valence-electron chi connectivity index (χ3n) is 3.85. The molecule has 0 saturated carbocycles. The molecule has 1 aliphatic heterocycles. The molecule has 1 aromatic carbocycles. The first-order valence-corrected chi connectivity index (χ1v) is 8.06. The maximum absolute atomic E-state index is 11.6. The van der Waals surface area contributed by atoms with E-state index in [0.717, 1.165) is 43.8 Å². The molecule has 1 heterocycles. The molecule has 0 unspecified atom stereocenters. The van der Waals surface area contributed by atoms with Crippen LogP contribution in [-0.4, -0.2) is 50.0 Å². The number of benzene rings is 1. The molecule has 0 spiro atoms. The monoisotopic (exact) mass is 319 g/mol. The van der Waals surface area contributed by atoms with E-state index in [1.54, 1.807) is 7.11 Å². The van der Waals surface area contributed by atoms with Crippen molar-refractivity contribution in [2.45, 2.75) is 25.8 Å². The summed E-state index contributed by atoms with van der Waals surface area (Å²) in [6.07, 6.45) is 1.65. The first-order valence-electron chi connectivity index (χ1n) is 8.06. The maximum Gasteiger partial charge on any atom is 0.229 e. The Morgan fingerprint density at radius 1 is 1.04 bits per heavy atom. The molecule has 0 aliphatic carbocycles. The van der Waals surface area contributed by atoms with Gasteiger partial charge in [-0.25, -0.2) is 0 Å². The molecule has 2 amide bonds. The van der Waals surface area contributed by atoms with E-state index in [4.69, 9.17) is 4.74 Å². The largest absolute Gasteiger partial charge is 0.496 e. The first kappa shape index (κ1) is 17.3. The molecule has 126 valence electrons. The quantitative estimate of drug-likeness (QED) is 0.813. The van der Waals surface area contributed by atoms with E-state index in [0.29, 0.717) is 13.1 Å². The fraction of sp³-hybridized carbons (Fsp3) is 0.529. The van der Waals surface area contributed by atoms with Gasteiger partial charge in [0.1, 0.15) is 12.2 Å². The number of ether oxygens (including phenoxy) is 1. The second-order valence-electron chi connectivity index (χ2n) is 5.67. The van der Waals surface area contributed by atoms with Crippen LogP contribution in [0.4, 0.5) is 0 Å². The highest BCUT2D eigenvalue weighted by atomic mass is 16.5. The van der Waals surface area contributed by atoms with Crippen molar-refractivity contribution in [3.63, 3.8) is 0 Å². The number of carbonyl (C=O) groups is 2. The number of hydrogen-bond acceptors (Lipinski definition) is 4. The molecule has 0 aromatic heterocycles. The Morgan fingerprint density at radius 2 is 1.65 bits per heavy atom. The normalized spacial score (nSPS) is 18.3. The molecule has 1 aromatic rings. The van der Waals surface area contributed by atoms with Gasteiger partial charge in [0.15, 0.2) is 0 Å². The van der Waals surface area contributed by atoms with Crippen molar-refractivity contribution in [3.8, 4) is 5.75 Å². The van der Waals surface area contributed by atoms with Gasteiger partial charge in [-0.2, -0.15) is 0 Å². The Bertz CT molecular complexity index is 512. The molecular formula is C17H25N3O3. The summed E-state index contributed by atoms with van der Waals surface area (Å²) in [6.45, 7) is 3.77. The third kappa shape index (κ3) is 5.90. The number of para-hydroxylation sites is 1. The topological polar surface area (TPSA) is 70.7 Å². The molecule has 6 nitrogen and oxygen atoms in total. The van der Waals surface area contributed by atoms with E-state index >= 15 is 0 Å². The summed E-state index contributed by atoms with van der Waals surface area (Å²) < 4.78 is 5.41. The minimum absolute atomic E-state index is 0.0784. The van der Waals surface area contributed by atoms with E-state index in [1.165, 1.54) is 0 Å². The van der Waals surface area contributed by atoms with Crippen molar-refractivity contribution >= 4 is 11.8 Å². The van der Waals surface area contributed by atoms with Crippen LogP contribution in [0.3, 0.4) is 0 Å². The van der Waals surface area contributed by atoms with Crippen molar-refractivity contribution < 1.29 is 14.3 Å². The average Bonchev–Trinajstić information content (AvgIpc) is 2.54. The second kappa shape index (κ2) is 9.15. The zero-order valence-electron chi connectivity index (χ0n) is 13.6. The highest BCUT2D eigenvalue weighted by Gasteiger charge is 2.13. The summed E-state index contributed by atoms with van der Waals surface area (Å²) in [4.78, 5) is 25.5. The SMILES string of the molecule is COc1ccccc1CN1CCCNC(=O)CC(=O)NCCC1. The number of nitrogens with one attached hydrogen (secondary N) is 2. The lowest BCUT2D eigenvalue weighted by Gasteiger charge is -2.24. The smallest absolute Gasteiger partial charge is 0.229 e. The van der Waals surface area contributed by atoms with Crippen LogP contribution in [0, 0.1) is 0 Å². The Kier molecular flexibility index (Phi) is 6.87. The van der Waals surface area contributed by atoms with Crippen molar-refractivity contribution in [2.75, 3.05) is 33.3 Å². The van der Waals surface area contributed by atoms with E-state index < -0.39 is 0 Å². The van der Waals surface area contributed by atoms with E-state index in [-0.39, 0.29) is 18.2 Å². The van der Waals surface area contributed by atoms with E-state index in [9.17, 15) is 9.59 Å². The molecular weight excluding hydrogens is 294 g/mol. The molecule has 0 bridgehead atoms. The van der Waals surface area contributed by atoms with Crippen LogP contribution >= 0.6 is 0 Å². The van der Waals surface area contributed by atoms with Crippen molar-refractivity contribution in [3.05, 3.63) is 29.8 Å². The lowest BCUT2D eigenvalue weighted by atomic mass is 10.1. The van der Waals surface area contributed by atoms with Gasteiger partial charge in [-0.1, -0.05) is 18.2 Å². The molecule has 1 fully saturated rings. The standard InChI is InChI=1S/C17H25N3O3/c1-23-15-7-3-2-6-14(15)13-20-10-4-8-18-16(21)12-17(22)19-9-5-11-20/h2-3,6-7H,4-5,8-13H2,1H3,(H,18,21)(H,19,22). The molecule has 0 radical (unpaired) electrons. The molecule has 1 aliphatic rings. The molecule has 6 heteroatoms. The number of nitrogens with zero attached hydrogens (tertiary/aromatic N) is 1. The van der Waals surface area contributed by atoms with E-state index in [1.807, 2.05) is 18.2 Å². The van der Waals surface area contributed by atoms with Gasteiger partial charge in [-0.15, -0.1) is 0 Å². The van der Waals surface area contributed by atoms with Gasteiger partial charge in [0, 0.05) is 38.3 Å². The van der Waals surface area contributed by atoms with Crippen LogP contribution in [0.1, 0.15) is 24.8 Å². The van der Waals surface area contributed by atoms with Gasteiger partial charge in [0.2, 0.25) is 11.8 Å². The Balaban J connectivity index is 1.96. The lowest BCUT2D eigenvalue weighted by molar-refractivity contribution is -0.129. The molecule has 0 atom stereocenters. The Morgan fingerprint density at radius 3 is 2.26 bits per heavy atom. The maximum atomic E-state index is 11.6. The van der Waals surface area contributed by atoms with Gasteiger partial charge < -0.3 is 15.4 Å². The van der Waals surface area contributed by atoms with Gasteiger partial charge in [-0.05, 0) is 18.9 Å². The van der Waals surface area contributed by atoms with Crippen LogP contribution in [-0.2, 0) is 16.1 Å². The highest BCUT2D eigenvalue weighted by Crippen LogP contribution is 2.19. The van der Waals surface area contributed by atoms with Crippen molar-refractivity contribution in [1.29, 1.82) is 0 Å². The number of methoxy groups -OCH3 is 1. The summed E-state index contributed by atoms with van der Waals surface area (Å²) in [7, 11) is 1.68. The summed E-state index contributed by atoms with van der Waals surface area (Å²) in [6, 6.07) is 8.00. The molecule has 2 rings (SSSR count). The van der Waals surface area contributed by atoms with Gasteiger partial charge >= 0.3 is 0 Å². The van der Waals surface area contributed by atoms with Crippen LogP contribution < -0.4 is 15.4 Å². The minimum Gasteiger partial charge on any atom is -0.496 e. The summed E-state index contributed by atoms with van der Waals surface area (Å²) >= 11 is 0. The zero-order valence-corrected chi connectivity index (χ0v) is 13.6. The minimum atomic E-state index is -0.209. The van der Waals surface area contributed by atoms with E-state index in [2.05, 4.69) is 21.6 Å². The van der Waals surface area contributed by atoms with Gasteiger partial charge in [-0.3, -0.25) is 14.5 Å².